The first-order chi connectivity index (χ1) is 9.77. The quantitative estimate of drug-likeness (QED) is 0.833. The van der Waals surface area contributed by atoms with Crippen molar-refractivity contribution in [1.82, 2.24) is 9.88 Å². The van der Waals surface area contributed by atoms with Crippen molar-refractivity contribution in [3.8, 4) is 0 Å². The molecule has 0 atom stereocenters. The Hall–Kier alpha value is -1.90. The molecule has 20 heavy (non-hydrogen) atoms. The molecule has 2 aromatic rings. The van der Waals surface area contributed by atoms with Gasteiger partial charge in [-0.15, -0.1) is 0 Å². The number of carbonyl (C=O) groups excluding carboxylic acids is 1. The van der Waals surface area contributed by atoms with Crippen molar-refractivity contribution in [2.75, 3.05) is 7.05 Å². The van der Waals surface area contributed by atoms with Gasteiger partial charge in [0.05, 0.1) is 11.1 Å². The molecule has 0 aliphatic heterocycles. The van der Waals surface area contributed by atoms with Crippen LogP contribution in [0.5, 0.6) is 0 Å². The maximum absolute atomic E-state index is 12.7. The Kier molecular flexibility index (Phi) is 3.68. The molecule has 0 bridgehead atoms. The number of nitrogens with zero attached hydrogens (tertiary/aromatic N) is 2. The number of para-hydroxylation sites is 1. The highest BCUT2D eigenvalue weighted by Crippen LogP contribution is 2.24. The normalized spacial score (nSPS) is 16.2. The molecule has 0 N–H and O–H groups in total. The topological polar surface area (TPSA) is 33.2 Å². The summed E-state index contributed by atoms with van der Waals surface area (Å²) in [6.45, 7) is 0. The van der Waals surface area contributed by atoms with Crippen molar-refractivity contribution in [3.63, 3.8) is 0 Å². The number of amides is 1. The van der Waals surface area contributed by atoms with Crippen LogP contribution >= 0.6 is 0 Å². The Morgan fingerprint density at radius 2 is 1.90 bits per heavy atom. The van der Waals surface area contributed by atoms with Crippen LogP contribution in [0.1, 0.15) is 42.5 Å². The Bertz CT molecular complexity index is 612. The van der Waals surface area contributed by atoms with E-state index in [2.05, 4.69) is 4.98 Å². The van der Waals surface area contributed by atoms with E-state index in [1.165, 1.54) is 19.3 Å². The van der Waals surface area contributed by atoms with Gasteiger partial charge in [0, 0.05) is 24.7 Å². The lowest BCUT2D eigenvalue weighted by atomic mass is 9.94. The van der Waals surface area contributed by atoms with E-state index in [1.807, 2.05) is 42.3 Å². The Morgan fingerprint density at radius 1 is 1.15 bits per heavy atom. The maximum Gasteiger partial charge on any atom is 0.256 e. The zero-order chi connectivity index (χ0) is 13.9. The Morgan fingerprint density at radius 3 is 2.70 bits per heavy atom. The third-order valence-corrected chi connectivity index (χ3v) is 4.31. The summed E-state index contributed by atoms with van der Waals surface area (Å²) in [4.78, 5) is 19.0. The summed E-state index contributed by atoms with van der Waals surface area (Å²) in [6.07, 6.45) is 7.76. The number of carbonyl (C=O) groups is 1. The number of hydrogen-bond acceptors (Lipinski definition) is 2. The molecule has 104 valence electrons. The van der Waals surface area contributed by atoms with E-state index in [-0.39, 0.29) is 5.91 Å². The summed E-state index contributed by atoms with van der Waals surface area (Å²) >= 11 is 0. The first-order valence-corrected chi connectivity index (χ1v) is 7.38. The number of rotatable bonds is 2. The fourth-order valence-corrected chi connectivity index (χ4v) is 3.10. The summed E-state index contributed by atoms with van der Waals surface area (Å²) in [5.74, 6) is 0.0983. The molecule has 3 nitrogen and oxygen atoms in total. The number of pyridine rings is 1. The van der Waals surface area contributed by atoms with Crippen LogP contribution in [0.15, 0.2) is 36.5 Å². The smallest absolute Gasteiger partial charge is 0.256 e. The predicted molar refractivity (Wildman–Crippen MR) is 80.7 cm³/mol. The summed E-state index contributed by atoms with van der Waals surface area (Å²) in [5, 5.41) is 1.02. The molecule has 0 saturated heterocycles. The zero-order valence-electron chi connectivity index (χ0n) is 11.9. The van der Waals surface area contributed by atoms with Crippen LogP contribution in [0.4, 0.5) is 0 Å². The van der Waals surface area contributed by atoms with E-state index < -0.39 is 0 Å². The largest absolute Gasteiger partial charge is 0.339 e. The molecule has 0 spiro atoms. The van der Waals surface area contributed by atoms with Gasteiger partial charge in [-0.3, -0.25) is 9.78 Å². The molecule has 1 heterocycles. The minimum absolute atomic E-state index is 0.0983. The number of aromatic nitrogens is 1. The molecule has 3 heteroatoms. The van der Waals surface area contributed by atoms with Crippen molar-refractivity contribution in [1.29, 1.82) is 0 Å². The third-order valence-electron chi connectivity index (χ3n) is 4.31. The molecule has 3 rings (SSSR count). The first kappa shape index (κ1) is 13.1. The summed E-state index contributed by atoms with van der Waals surface area (Å²) < 4.78 is 0. The average Bonchev–Trinajstić information content (AvgIpc) is 2.54. The monoisotopic (exact) mass is 268 g/mol. The van der Waals surface area contributed by atoms with E-state index in [0.717, 1.165) is 29.3 Å². The van der Waals surface area contributed by atoms with Crippen LogP contribution in [0.3, 0.4) is 0 Å². The van der Waals surface area contributed by atoms with E-state index in [9.17, 15) is 4.79 Å². The fraction of sp³-hybridized carbons (Fsp3) is 0.412. The van der Waals surface area contributed by atoms with Crippen molar-refractivity contribution in [2.45, 2.75) is 38.1 Å². The molecule has 1 fully saturated rings. The van der Waals surface area contributed by atoms with E-state index >= 15 is 0 Å². The van der Waals surface area contributed by atoms with Crippen LogP contribution in [0, 0.1) is 0 Å². The zero-order valence-corrected chi connectivity index (χ0v) is 11.9. The van der Waals surface area contributed by atoms with Crippen LogP contribution in [-0.4, -0.2) is 28.9 Å². The second kappa shape index (κ2) is 5.61. The van der Waals surface area contributed by atoms with Crippen molar-refractivity contribution in [2.24, 2.45) is 0 Å². The minimum Gasteiger partial charge on any atom is -0.339 e. The van der Waals surface area contributed by atoms with Gasteiger partial charge in [0.15, 0.2) is 0 Å². The molecule has 1 aromatic heterocycles. The summed E-state index contributed by atoms with van der Waals surface area (Å²) in [7, 11) is 1.93. The Labute approximate surface area is 119 Å². The number of fused-ring (bicyclic) bond motifs is 1. The van der Waals surface area contributed by atoms with Crippen LogP contribution in [-0.2, 0) is 0 Å². The second-order valence-corrected chi connectivity index (χ2v) is 5.59. The molecule has 1 saturated carbocycles. The van der Waals surface area contributed by atoms with Gasteiger partial charge in [-0.1, -0.05) is 37.5 Å². The lowest BCUT2D eigenvalue weighted by Crippen LogP contribution is -2.38. The van der Waals surface area contributed by atoms with E-state index in [0.29, 0.717) is 6.04 Å². The molecule has 0 unspecified atom stereocenters. The van der Waals surface area contributed by atoms with Crippen molar-refractivity contribution >= 4 is 16.8 Å². The van der Waals surface area contributed by atoms with Gasteiger partial charge in [0.2, 0.25) is 0 Å². The lowest BCUT2D eigenvalue weighted by Gasteiger charge is -2.31. The fourth-order valence-electron chi connectivity index (χ4n) is 3.10. The predicted octanol–water partition coefficient (Wildman–Crippen LogP) is 3.64. The molecular weight excluding hydrogens is 248 g/mol. The molecule has 1 amide bonds. The standard InChI is InChI=1S/C17H20N2O/c1-19(14-9-3-2-4-10-14)17(20)15-11-5-7-13-8-6-12-18-16(13)15/h5-8,11-12,14H,2-4,9-10H2,1H3. The molecule has 1 aromatic carbocycles. The van der Waals surface area contributed by atoms with Gasteiger partial charge < -0.3 is 4.90 Å². The third kappa shape index (κ3) is 2.40. The molecule has 1 aliphatic carbocycles. The van der Waals surface area contributed by atoms with Crippen molar-refractivity contribution < 1.29 is 4.79 Å². The average molecular weight is 268 g/mol. The summed E-state index contributed by atoms with van der Waals surface area (Å²) in [5.41, 5.74) is 1.53. The summed E-state index contributed by atoms with van der Waals surface area (Å²) in [6, 6.07) is 10.1. The molecular formula is C17H20N2O. The highest BCUT2D eigenvalue weighted by Gasteiger charge is 2.24. The maximum atomic E-state index is 12.7. The van der Waals surface area contributed by atoms with Crippen LogP contribution in [0.2, 0.25) is 0 Å². The first-order valence-electron chi connectivity index (χ1n) is 7.38. The van der Waals surface area contributed by atoms with Crippen LogP contribution < -0.4 is 0 Å². The number of hydrogen-bond donors (Lipinski definition) is 0. The molecule has 0 radical (unpaired) electrons. The lowest BCUT2D eigenvalue weighted by molar-refractivity contribution is 0.0698. The van der Waals surface area contributed by atoms with Crippen LogP contribution in [0.25, 0.3) is 10.9 Å². The van der Waals surface area contributed by atoms with Gasteiger partial charge in [0.25, 0.3) is 5.91 Å². The Balaban J connectivity index is 1.92. The van der Waals surface area contributed by atoms with Gasteiger partial charge >= 0.3 is 0 Å². The highest BCUT2D eigenvalue weighted by atomic mass is 16.2. The van der Waals surface area contributed by atoms with Gasteiger partial charge in [0.1, 0.15) is 0 Å². The van der Waals surface area contributed by atoms with E-state index in [4.69, 9.17) is 0 Å². The number of benzene rings is 1. The van der Waals surface area contributed by atoms with Gasteiger partial charge in [-0.25, -0.2) is 0 Å². The minimum atomic E-state index is 0.0983. The van der Waals surface area contributed by atoms with E-state index in [1.54, 1.807) is 6.20 Å². The second-order valence-electron chi connectivity index (χ2n) is 5.59. The van der Waals surface area contributed by atoms with Gasteiger partial charge in [-0.05, 0) is 25.0 Å². The SMILES string of the molecule is CN(C(=O)c1cccc2cccnc12)C1CCCCC1. The highest BCUT2D eigenvalue weighted by molar-refractivity contribution is 6.05. The van der Waals surface area contributed by atoms with Gasteiger partial charge in [-0.2, -0.15) is 0 Å². The molecule has 1 aliphatic rings. The van der Waals surface area contributed by atoms with Crippen molar-refractivity contribution in [3.05, 3.63) is 42.1 Å².